The predicted molar refractivity (Wildman–Crippen MR) is 168 cm³/mol. The van der Waals surface area contributed by atoms with Gasteiger partial charge in [-0.05, 0) is 124 Å². The van der Waals surface area contributed by atoms with Gasteiger partial charge in [0, 0.05) is 30.3 Å². The number of nitrogens with zero attached hydrogens (tertiary/aromatic N) is 2. The fourth-order valence-electron chi connectivity index (χ4n) is 3.39. The van der Waals surface area contributed by atoms with Crippen molar-refractivity contribution in [3.8, 4) is 34.5 Å². The zero-order valence-electron chi connectivity index (χ0n) is 20.5. The Morgan fingerprint density at radius 3 is 1.31 bits per heavy atom. The molecule has 7 nitrogen and oxygen atoms in total. The number of phenolic OH excluding ortho intramolecular Hbond substituents is 2. The van der Waals surface area contributed by atoms with Gasteiger partial charge in [0.1, 0.15) is 11.5 Å². The van der Waals surface area contributed by atoms with E-state index < -0.39 is 0 Å². The molecule has 0 radical (unpaired) electrons. The van der Waals surface area contributed by atoms with Crippen LogP contribution in [-0.2, 0) is 0 Å². The van der Waals surface area contributed by atoms with Crippen LogP contribution in [0.25, 0.3) is 0 Å². The largest absolute Gasteiger partial charge is 0.504 e. The van der Waals surface area contributed by atoms with Gasteiger partial charge in [0.2, 0.25) is 0 Å². The molecule has 0 aliphatic rings. The van der Waals surface area contributed by atoms with Gasteiger partial charge in [0.25, 0.3) is 0 Å². The predicted octanol–water partition coefficient (Wildman–Crippen LogP) is 9.46. The SMILES string of the molecule is COc1cc(Br)c(Br)c(C=Nc2ccc(Oc3ccc(N=Cc4c(O)c(OC)cc(Br)c4Br)cc3)cc2)c1O. The highest BCUT2D eigenvalue weighted by molar-refractivity contribution is 9.13. The maximum atomic E-state index is 10.4. The quantitative estimate of drug-likeness (QED) is 0.174. The van der Waals surface area contributed by atoms with Gasteiger partial charge in [0.05, 0.1) is 36.7 Å². The van der Waals surface area contributed by atoms with Crippen LogP contribution >= 0.6 is 63.7 Å². The van der Waals surface area contributed by atoms with Crippen molar-refractivity contribution in [3.05, 3.63) is 89.7 Å². The molecule has 0 aliphatic heterocycles. The first kappa shape index (κ1) is 29.1. The molecule has 2 N–H and O–H groups in total. The van der Waals surface area contributed by atoms with Crippen molar-refractivity contribution >= 4 is 87.5 Å². The third-order valence-corrected chi connectivity index (χ3v) is 9.44. The number of hydrogen-bond donors (Lipinski definition) is 2. The summed E-state index contributed by atoms with van der Waals surface area (Å²) in [5.41, 5.74) is 2.34. The summed E-state index contributed by atoms with van der Waals surface area (Å²) in [5.74, 6) is 1.93. The highest BCUT2D eigenvalue weighted by Crippen LogP contribution is 2.41. The molecule has 4 aromatic rings. The molecule has 0 unspecified atom stereocenters. The minimum Gasteiger partial charge on any atom is -0.504 e. The smallest absolute Gasteiger partial charge is 0.167 e. The summed E-state index contributed by atoms with van der Waals surface area (Å²) < 4.78 is 19.1. The van der Waals surface area contributed by atoms with Crippen molar-refractivity contribution in [2.45, 2.75) is 0 Å². The Kier molecular flexibility index (Phi) is 9.71. The van der Waals surface area contributed by atoms with Crippen LogP contribution in [0.5, 0.6) is 34.5 Å². The number of benzene rings is 4. The first-order chi connectivity index (χ1) is 18.7. The maximum absolute atomic E-state index is 10.4. The van der Waals surface area contributed by atoms with Gasteiger partial charge in [-0.15, -0.1) is 0 Å². The lowest BCUT2D eigenvalue weighted by molar-refractivity contribution is 0.372. The van der Waals surface area contributed by atoms with Gasteiger partial charge in [-0.2, -0.15) is 0 Å². The van der Waals surface area contributed by atoms with Crippen molar-refractivity contribution in [3.63, 3.8) is 0 Å². The molecule has 0 amide bonds. The number of hydrogen-bond acceptors (Lipinski definition) is 7. The Bertz CT molecular complexity index is 1440. The third kappa shape index (κ3) is 6.84. The summed E-state index contributed by atoms with van der Waals surface area (Å²) in [7, 11) is 2.98. The molecule has 0 spiro atoms. The Hall–Kier alpha value is -2.86. The lowest BCUT2D eigenvalue weighted by Crippen LogP contribution is -1.92. The second-order valence-corrected chi connectivity index (χ2v) is 11.2. The first-order valence-electron chi connectivity index (χ1n) is 11.2. The molecule has 0 saturated carbocycles. The van der Waals surface area contributed by atoms with Crippen LogP contribution < -0.4 is 14.2 Å². The molecular formula is C28H20Br4N2O5. The molecule has 4 rings (SSSR count). The van der Waals surface area contributed by atoms with E-state index in [1.54, 1.807) is 73.1 Å². The number of halogens is 4. The first-order valence-corrected chi connectivity index (χ1v) is 14.3. The Morgan fingerprint density at radius 2 is 0.974 bits per heavy atom. The van der Waals surface area contributed by atoms with Crippen molar-refractivity contribution < 1.29 is 24.4 Å². The van der Waals surface area contributed by atoms with E-state index in [9.17, 15) is 10.2 Å². The molecule has 0 saturated heterocycles. The van der Waals surface area contributed by atoms with E-state index in [4.69, 9.17) is 14.2 Å². The van der Waals surface area contributed by atoms with Gasteiger partial charge in [0.15, 0.2) is 23.0 Å². The zero-order chi connectivity index (χ0) is 28.1. The number of aliphatic imine (C=N–C) groups is 2. The highest BCUT2D eigenvalue weighted by atomic mass is 79.9. The van der Waals surface area contributed by atoms with Crippen LogP contribution in [0.15, 0.2) is 88.5 Å². The molecule has 0 bridgehead atoms. The molecule has 200 valence electrons. The topological polar surface area (TPSA) is 92.9 Å². The van der Waals surface area contributed by atoms with E-state index in [1.165, 1.54) is 14.2 Å². The van der Waals surface area contributed by atoms with Crippen molar-refractivity contribution in [1.29, 1.82) is 0 Å². The second kappa shape index (κ2) is 13.0. The minimum atomic E-state index is -0.00939. The Morgan fingerprint density at radius 1 is 0.615 bits per heavy atom. The number of methoxy groups -OCH3 is 2. The van der Waals surface area contributed by atoms with E-state index in [0.717, 1.165) is 8.95 Å². The summed E-state index contributed by atoms with van der Waals surface area (Å²) in [6.45, 7) is 0. The molecule has 0 heterocycles. The summed E-state index contributed by atoms with van der Waals surface area (Å²) >= 11 is 13.8. The molecule has 0 aliphatic carbocycles. The minimum absolute atomic E-state index is 0.00939. The van der Waals surface area contributed by atoms with Gasteiger partial charge in [-0.25, -0.2) is 0 Å². The monoisotopic (exact) mass is 780 g/mol. The maximum Gasteiger partial charge on any atom is 0.167 e. The molecule has 0 atom stereocenters. The highest BCUT2D eigenvalue weighted by Gasteiger charge is 2.15. The summed E-state index contributed by atoms with van der Waals surface area (Å²) in [6, 6.07) is 17.8. The molecule has 0 aromatic heterocycles. The number of phenols is 2. The molecule has 39 heavy (non-hydrogen) atoms. The molecule has 11 heteroatoms. The summed E-state index contributed by atoms with van der Waals surface area (Å²) in [5, 5.41) is 20.9. The lowest BCUT2D eigenvalue weighted by atomic mass is 10.2. The van der Waals surface area contributed by atoms with Gasteiger partial charge in [-0.1, -0.05) is 0 Å². The second-order valence-electron chi connectivity index (χ2n) is 7.88. The Labute approximate surface area is 258 Å². The van der Waals surface area contributed by atoms with Gasteiger partial charge >= 0.3 is 0 Å². The van der Waals surface area contributed by atoms with Crippen molar-refractivity contribution in [2.24, 2.45) is 9.98 Å². The number of aromatic hydroxyl groups is 2. The van der Waals surface area contributed by atoms with E-state index in [1.807, 2.05) is 0 Å². The van der Waals surface area contributed by atoms with Crippen LogP contribution in [0.3, 0.4) is 0 Å². The van der Waals surface area contributed by atoms with E-state index >= 15 is 0 Å². The summed E-state index contributed by atoms with van der Waals surface area (Å²) in [6.07, 6.45) is 3.12. The van der Waals surface area contributed by atoms with Crippen LogP contribution in [0, 0.1) is 0 Å². The van der Waals surface area contributed by atoms with Gasteiger partial charge < -0.3 is 24.4 Å². The zero-order valence-corrected chi connectivity index (χ0v) is 26.8. The van der Waals surface area contributed by atoms with Crippen LogP contribution in [0.1, 0.15) is 11.1 Å². The average molecular weight is 784 g/mol. The average Bonchev–Trinajstić information content (AvgIpc) is 2.94. The van der Waals surface area contributed by atoms with Crippen LogP contribution in [0.2, 0.25) is 0 Å². The lowest BCUT2D eigenvalue weighted by Gasteiger charge is -2.10. The van der Waals surface area contributed by atoms with E-state index in [2.05, 4.69) is 73.7 Å². The van der Waals surface area contributed by atoms with Gasteiger partial charge in [-0.3, -0.25) is 9.98 Å². The fraction of sp³-hybridized carbons (Fsp3) is 0.0714. The molecule has 0 fully saturated rings. The van der Waals surface area contributed by atoms with Crippen molar-refractivity contribution in [1.82, 2.24) is 0 Å². The fourth-order valence-corrected chi connectivity index (χ4v) is 5.04. The third-order valence-electron chi connectivity index (χ3n) is 5.42. The normalized spacial score (nSPS) is 11.3. The summed E-state index contributed by atoms with van der Waals surface area (Å²) in [4.78, 5) is 8.91. The number of ether oxygens (including phenoxy) is 3. The van der Waals surface area contributed by atoms with E-state index in [0.29, 0.717) is 54.4 Å². The molecular weight excluding hydrogens is 764 g/mol. The Balaban J connectivity index is 1.44. The van der Waals surface area contributed by atoms with Crippen LogP contribution in [0.4, 0.5) is 11.4 Å². The van der Waals surface area contributed by atoms with E-state index in [-0.39, 0.29) is 11.5 Å². The van der Waals surface area contributed by atoms with Crippen LogP contribution in [-0.4, -0.2) is 36.9 Å². The van der Waals surface area contributed by atoms with Crippen molar-refractivity contribution in [2.75, 3.05) is 14.2 Å². The number of rotatable bonds is 8. The molecule has 4 aromatic carbocycles. The standard InChI is InChI=1S/C28H20Br4N2O5/c1-37-23-11-21(29)25(31)19(27(23)35)13-33-15-3-7-17(8-4-15)39-18-9-5-16(6-10-18)34-14-20-26(32)22(30)12-24(38-2)28(20)36/h3-14,35-36H,1-2H3.